The van der Waals surface area contributed by atoms with E-state index >= 15 is 0 Å². The van der Waals surface area contributed by atoms with Gasteiger partial charge in [0.15, 0.2) is 5.82 Å². The Labute approximate surface area is 142 Å². The molecule has 0 unspecified atom stereocenters. The number of rotatable bonds is 7. The van der Waals surface area contributed by atoms with E-state index in [1.165, 1.54) is 24.8 Å². The number of benzene rings is 1. The minimum absolute atomic E-state index is 0.218. The van der Waals surface area contributed by atoms with Gasteiger partial charge in [0.05, 0.1) is 6.54 Å². The van der Waals surface area contributed by atoms with Crippen molar-refractivity contribution < 1.29 is 4.79 Å². The van der Waals surface area contributed by atoms with Crippen LogP contribution in [0.3, 0.4) is 0 Å². The lowest BCUT2D eigenvalue weighted by atomic mass is 10.1. The Hall–Kier alpha value is -2.37. The maximum Gasteiger partial charge on any atom is 0.319 e. The number of nitrogens with zero attached hydrogens (tertiary/aromatic N) is 3. The highest BCUT2D eigenvalue weighted by atomic mass is 16.2. The number of anilines is 1. The lowest BCUT2D eigenvalue weighted by Gasteiger charge is -2.08. The number of aromatic nitrogens is 3. The van der Waals surface area contributed by atoms with Crippen LogP contribution in [0.25, 0.3) is 0 Å². The zero-order chi connectivity index (χ0) is 16.8. The number of carbonyl (C=O) groups excluding carboxylic acids is 1. The van der Waals surface area contributed by atoms with Gasteiger partial charge in [-0.3, -0.25) is 0 Å². The topological polar surface area (TPSA) is 71.8 Å². The third kappa shape index (κ3) is 4.13. The molecule has 2 heterocycles. The molecule has 0 bridgehead atoms. The van der Waals surface area contributed by atoms with Crippen LogP contribution in [0.5, 0.6) is 0 Å². The van der Waals surface area contributed by atoms with Crippen LogP contribution in [0.15, 0.2) is 24.3 Å². The fourth-order valence-corrected chi connectivity index (χ4v) is 3.01. The maximum atomic E-state index is 12.0. The van der Waals surface area contributed by atoms with Crippen LogP contribution < -0.4 is 10.6 Å². The minimum Gasteiger partial charge on any atom is -0.331 e. The number of urea groups is 1. The predicted molar refractivity (Wildman–Crippen MR) is 93.9 cm³/mol. The van der Waals surface area contributed by atoms with Crippen LogP contribution in [0.4, 0.5) is 10.5 Å². The van der Waals surface area contributed by atoms with E-state index in [0.29, 0.717) is 6.54 Å². The quantitative estimate of drug-likeness (QED) is 0.767. The van der Waals surface area contributed by atoms with Gasteiger partial charge in [-0.05, 0) is 37.0 Å². The molecule has 6 heteroatoms. The van der Waals surface area contributed by atoms with E-state index < -0.39 is 0 Å². The summed E-state index contributed by atoms with van der Waals surface area (Å²) in [6.07, 6.45) is 6.88. The normalized spacial score (nSPS) is 12.9. The number of carbonyl (C=O) groups is 1. The fourth-order valence-electron chi connectivity index (χ4n) is 3.01. The van der Waals surface area contributed by atoms with Gasteiger partial charge in [0.25, 0.3) is 0 Å². The Kier molecular flexibility index (Phi) is 5.46. The van der Waals surface area contributed by atoms with E-state index in [-0.39, 0.29) is 6.03 Å². The van der Waals surface area contributed by atoms with Crippen molar-refractivity contribution in [2.75, 3.05) is 5.32 Å². The first-order valence-electron chi connectivity index (χ1n) is 8.81. The van der Waals surface area contributed by atoms with E-state index in [1.54, 1.807) is 0 Å². The molecule has 3 rings (SSSR count). The average Bonchev–Trinajstić information content (AvgIpc) is 3.19. The molecule has 1 aliphatic heterocycles. The molecule has 0 fully saturated rings. The van der Waals surface area contributed by atoms with Crippen molar-refractivity contribution in [2.45, 2.75) is 58.5 Å². The summed E-state index contributed by atoms with van der Waals surface area (Å²) in [5.74, 6) is 1.84. The summed E-state index contributed by atoms with van der Waals surface area (Å²) >= 11 is 0. The summed E-state index contributed by atoms with van der Waals surface area (Å²) < 4.78 is 2.09. The smallest absolute Gasteiger partial charge is 0.319 e. The van der Waals surface area contributed by atoms with E-state index in [2.05, 4.69) is 44.5 Å². The summed E-state index contributed by atoms with van der Waals surface area (Å²) in [6.45, 7) is 3.55. The molecule has 0 saturated carbocycles. The van der Waals surface area contributed by atoms with Crippen molar-refractivity contribution in [3.05, 3.63) is 41.5 Å². The van der Waals surface area contributed by atoms with Crippen molar-refractivity contribution in [1.29, 1.82) is 0 Å². The van der Waals surface area contributed by atoms with Gasteiger partial charge < -0.3 is 15.2 Å². The molecule has 2 aromatic rings. The van der Waals surface area contributed by atoms with Crippen LogP contribution in [0.1, 0.15) is 49.8 Å². The molecule has 6 nitrogen and oxygen atoms in total. The Morgan fingerprint density at radius 1 is 1.21 bits per heavy atom. The Morgan fingerprint density at radius 3 is 2.83 bits per heavy atom. The maximum absolute atomic E-state index is 12.0. The molecule has 1 aromatic heterocycles. The summed E-state index contributed by atoms with van der Waals surface area (Å²) in [5, 5.41) is 14.0. The van der Waals surface area contributed by atoms with Crippen LogP contribution >= 0.6 is 0 Å². The molecule has 0 spiro atoms. The largest absolute Gasteiger partial charge is 0.331 e. The molecule has 24 heavy (non-hydrogen) atoms. The first-order chi connectivity index (χ1) is 11.8. The van der Waals surface area contributed by atoms with E-state index in [0.717, 1.165) is 43.1 Å². The number of amides is 2. The highest BCUT2D eigenvalue weighted by Crippen LogP contribution is 2.14. The van der Waals surface area contributed by atoms with E-state index in [9.17, 15) is 4.79 Å². The molecule has 0 saturated heterocycles. The summed E-state index contributed by atoms with van der Waals surface area (Å²) in [5.41, 5.74) is 2.12. The van der Waals surface area contributed by atoms with Gasteiger partial charge in [0, 0.05) is 18.7 Å². The molecule has 2 amide bonds. The van der Waals surface area contributed by atoms with Gasteiger partial charge in [-0.1, -0.05) is 31.9 Å². The fraction of sp³-hybridized carbons (Fsp3) is 0.500. The molecule has 128 valence electrons. The predicted octanol–water partition coefficient (Wildman–Crippen LogP) is 3.28. The van der Waals surface area contributed by atoms with Gasteiger partial charge in [-0.15, -0.1) is 10.2 Å². The summed E-state index contributed by atoms with van der Waals surface area (Å²) in [6, 6.07) is 7.85. The van der Waals surface area contributed by atoms with Crippen LogP contribution in [0, 0.1) is 0 Å². The monoisotopic (exact) mass is 327 g/mol. The van der Waals surface area contributed by atoms with Crippen molar-refractivity contribution in [3.63, 3.8) is 0 Å². The van der Waals surface area contributed by atoms with E-state index in [4.69, 9.17) is 0 Å². The number of unbranched alkanes of at least 4 members (excludes halogenated alkanes) is 2. The number of hydrogen-bond donors (Lipinski definition) is 2. The Bertz CT molecular complexity index is 677. The molecule has 0 radical (unpaired) electrons. The van der Waals surface area contributed by atoms with Crippen molar-refractivity contribution in [3.8, 4) is 0 Å². The van der Waals surface area contributed by atoms with Gasteiger partial charge in [-0.2, -0.15) is 0 Å². The zero-order valence-corrected chi connectivity index (χ0v) is 14.2. The highest BCUT2D eigenvalue weighted by Gasteiger charge is 2.17. The lowest BCUT2D eigenvalue weighted by Crippen LogP contribution is -2.29. The SMILES string of the molecule is CCCCCc1ccc(NC(=O)NCc2nnc3n2CCC3)cc1. The molecule has 2 N–H and O–H groups in total. The average molecular weight is 327 g/mol. The van der Waals surface area contributed by atoms with Gasteiger partial charge in [0.2, 0.25) is 0 Å². The van der Waals surface area contributed by atoms with Crippen LogP contribution in [-0.4, -0.2) is 20.8 Å². The molecule has 1 aliphatic rings. The second kappa shape index (κ2) is 7.95. The lowest BCUT2D eigenvalue weighted by molar-refractivity contribution is 0.251. The molecule has 0 atom stereocenters. The van der Waals surface area contributed by atoms with Crippen molar-refractivity contribution in [1.82, 2.24) is 20.1 Å². The van der Waals surface area contributed by atoms with Crippen molar-refractivity contribution in [2.24, 2.45) is 0 Å². The van der Waals surface area contributed by atoms with Gasteiger partial charge in [-0.25, -0.2) is 4.79 Å². The highest BCUT2D eigenvalue weighted by molar-refractivity contribution is 5.89. The second-order valence-corrected chi connectivity index (χ2v) is 6.25. The number of hydrogen-bond acceptors (Lipinski definition) is 3. The standard InChI is InChI=1S/C18H25N5O/c1-2-3-4-6-14-8-10-15(11-9-14)20-18(24)19-13-17-22-21-16-7-5-12-23(16)17/h8-11H,2-7,12-13H2,1H3,(H2,19,20,24). The number of fused-ring (bicyclic) bond motifs is 1. The first-order valence-corrected chi connectivity index (χ1v) is 8.81. The van der Waals surface area contributed by atoms with Crippen molar-refractivity contribution >= 4 is 11.7 Å². The summed E-state index contributed by atoms with van der Waals surface area (Å²) in [7, 11) is 0. The van der Waals surface area contributed by atoms with Crippen LogP contribution in [-0.2, 0) is 25.9 Å². The molecule has 0 aliphatic carbocycles. The Balaban J connectivity index is 1.46. The molecule has 1 aromatic carbocycles. The molecular weight excluding hydrogens is 302 g/mol. The third-order valence-corrected chi connectivity index (χ3v) is 4.37. The number of aryl methyl sites for hydroxylation is 2. The Morgan fingerprint density at radius 2 is 2.04 bits per heavy atom. The second-order valence-electron chi connectivity index (χ2n) is 6.25. The minimum atomic E-state index is -0.218. The van der Waals surface area contributed by atoms with E-state index in [1.807, 2.05) is 12.1 Å². The summed E-state index contributed by atoms with van der Waals surface area (Å²) in [4.78, 5) is 12.0. The zero-order valence-electron chi connectivity index (χ0n) is 14.2. The van der Waals surface area contributed by atoms with Crippen LogP contribution in [0.2, 0.25) is 0 Å². The first kappa shape index (κ1) is 16.5. The van der Waals surface area contributed by atoms with Gasteiger partial charge >= 0.3 is 6.03 Å². The third-order valence-electron chi connectivity index (χ3n) is 4.37. The molecular formula is C18H25N5O. The number of nitrogens with one attached hydrogen (secondary N) is 2. The van der Waals surface area contributed by atoms with Gasteiger partial charge in [0.1, 0.15) is 5.82 Å².